The van der Waals surface area contributed by atoms with Crippen molar-refractivity contribution in [3.63, 3.8) is 0 Å². The van der Waals surface area contributed by atoms with Gasteiger partial charge in [-0.25, -0.2) is 4.79 Å². The van der Waals surface area contributed by atoms with Crippen LogP contribution in [0.15, 0.2) is 11.1 Å². The number of hydrogen-bond donors (Lipinski definition) is 1. The molecular weight excluding hydrogens is 190 g/mol. The first-order valence-corrected chi connectivity index (χ1v) is 4.02. The molecule has 0 atom stereocenters. The van der Waals surface area contributed by atoms with Crippen molar-refractivity contribution in [2.75, 3.05) is 0 Å². The lowest BCUT2D eigenvalue weighted by molar-refractivity contribution is 0.471. The average molecular weight is 198 g/mol. The van der Waals surface area contributed by atoms with E-state index in [2.05, 4.69) is 4.99 Å². The molecule has 0 unspecified atom stereocenters. The normalized spacial score (nSPS) is 9.46. The molecule has 1 aromatic rings. The molecular formula is C9H8ClNO2. The predicted molar refractivity (Wildman–Crippen MR) is 50.4 cm³/mol. The van der Waals surface area contributed by atoms with Gasteiger partial charge in [-0.15, -0.1) is 0 Å². The Morgan fingerprint density at radius 2 is 2.08 bits per heavy atom. The third kappa shape index (κ3) is 1.72. The highest BCUT2D eigenvalue weighted by molar-refractivity contribution is 6.34. The highest BCUT2D eigenvalue weighted by Crippen LogP contribution is 2.35. The zero-order valence-electron chi connectivity index (χ0n) is 7.26. The molecule has 0 saturated heterocycles. The van der Waals surface area contributed by atoms with Crippen LogP contribution in [0.25, 0.3) is 0 Å². The van der Waals surface area contributed by atoms with Crippen molar-refractivity contribution >= 4 is 23.4 Å². The van der Waals surface area contributed by atoms with Crippen molar-refractivity contribution in [2.45, 2.75) is 13.8 Å². The zero-order valence-corrected chi connectivity index (χ0v) is 8.01. The summed E-state index contributed by atoms with van der Waals surface area (Å²) in [7, 11) is 0. The van der Waals surface area contributed by atoms with E-state index in [4.69, 9.17) is 11.6 Å². The molecule has 0 heterocycles. The number of aliphatic imine (C=N–C) groups is 1. The molecule has 0 radical (unpaired) electrons. The van der Waals surface area contributed by atoms with Crippen LogP contribution in [0.5, 0.6) is 5.75 Å². The summed E-state index contributed by atoms with van der Waals surface area (Å²) in [5.41, 5.74) is 1.66. The van der Waals surface area contributed by atoms with E-state index in [9.17, 15) is 9.90 Å². The Labute approximate surface area is 80.7 Å². The van der Waals surface area contributed by atoms with E-state index in [1.807, 2.05) is 0 Å². The second kappa shape index (κ2) is 3.60. The number of carbonyl (C=O) groups excluding carboxylic acids is 1. The largest absolute Gasteiger partial charge is 0.508 e. The van der Waals surface area contributed by atoms with E-state index in [0.717, 1.165) is 5.56 Å². The summed E-state index contributed by atoms with van der Waals surface area (Å²) in [4.78, 5) is 13.4. The van der Waals surface area contributed by atoms with Gasteiger partial charge in [0.1, 0.15) is 5.75 Å². The van der Waals surface area contributed by atoms with E-state index >= 15 is 0 Å². The Bertz CT molecular complexity index is 395. The maximum atomic E-state index is 10.0. The van der Waals surface area contributed by atoms with Crippen molar-refractivity contribution in [1.29, 1.82) is 0 Å². The lowest BCUT2D eigenvalue weighted by Gasteiger charge is -2.06. The van der Waals surface area contributed by atoms with Gasteiger partial charge in [-0.2, -0.15) is 4.99 Å². The van der Waals surface area contributed by atoms with Gasteiger partial charge in [-0.3, -0.25) is 0 Å². The van der Waals surface area contributed by atoms with E-state index in [-0.39, 0.29) is 11.4 Å². The van der Waals surface area contributed by atoms with Gasteiger partial charge in [0.05, 0.1) is 10.7 Å². The first kappa shape index (κ1) is 9.78. The zero-order chi connectivity index (χ0) is 10.0. The molecule has 4 heteroatoms. The quantitative estimate of drug-likeness (QED) is 0.556. The van der Waals surface area contributed by atoms with E-state index in [0.29, 0.717) is 10.6 Å². The molecule has 3 nitrogen and oxygen atoms in total. The molecule has 68 valence electrons. The molecule has 1 rings (SSSR count). The third-order valence-corrected chi connectivity index (χ3v) is 2.42. The van der Waals surface area contributed by atoms with E-state index < -0.39 is 0 Å². The molecule has 0 saturated carbocycles. The van der Waals surface area contributed by atoms with Crippen molar-refractivity contribution < 1.29 is 9.90 Å². The van der Waals surface area contributed by atoms with Crippen LogP contribution >= 0.6 is 11.6 Å². The fourth-order valence-electron chi connectivity index (χ4n) is 0.980. The monoisotopic (exact) mass is 197 g/mol. The molecule has 0 aromatic heterocycles. The van der Waals surface area contributed by atoms with Gasteiger partial charge in [0.15, 0.2) is 0 Å². The standard InChI is InChI=1S/C9H8ClNO2/c1-5-6(2)9(10)7(11-4-12)3-8(5)13/h3,13H,1-2H3. The van der Waals surface area contributed by atoms with Crippen LogP contribution in [-0.2, 0) is 4.79 Å². The summed E-state index contributed by atoms with van der Waals surface area (Å²) in [5, 5.41) is 9.76. The number of aromatic hydroxyl groups is 1. The van der Waals surface area contributed by atoms with Gasteiger partial charge >= 0.3 is 0 Å². The maximum Gasteiger partial charge on any atom is 0.240 e. The predicted octanol–water partition coefficient (Wildman–Crippen LogP) is 2.63. The van der Waals surface area contributed by atoms with Crippen LogP contribution in [0.2, 0.25) is 5.02 Å². The molecule has 0 aliphatic rings. The summed E-state index contributed by atoms with van der Waals surface area (Å²) >= 11 is 5.87. The van der Waals surface area contributed by atoms with Crippen molar-refractivity contribution in [2.24, 2.45) is 4.99 Å². The molecule has 0 aliphatic heterocycles. The third-order valence-electron chi connectivity index (χ3n) is 1.94. The fourth-order valence-corrected chi connectivity index (χ4v) is 1.22. The van der Waals surface area contributed by atoms with Gasteiger partial charge in [0.25, 0.3) is 0 Å². The smallest absolute Gasteiger partial charge is 0.240 e. The molecule has 1 aromatic carbocycles. The van der Waals surface area contributed by atoms with Gasteiger partial charge in [-0.05, 0) is 25.0 Å². The first-order chi connectivity index (χ1) is 6.07. The number of halogens is 1. The van der Waals surface area contributed by atoms with Gasteiger partial charge in [0, 0.05) is 6.07 Å². The fraction of sp³-hybridized carbons (Fsp3) is 0.222. The molecule has 13 heavy (non-hydrogen) atoms. The first-order valence-electron chi connectivity index (χ1n) is 3.64. The van der Waals surface area contributed by atoms with E-state index in [1.54, 1.807) is 13.8 Å². The van der Waals surface area contributed by atoms with Crippen molar-refractivity contribution in [3.05, 3.63) is 22.2 Å². The lowest BCUT2D eigenvalue weighted by Crippen LogP contribution is -1.84. The number of hydrogen-bond acceptors (Lipinski definition) is 3. The molecule has 0 bridgehead atoms. The van der Waals surface area contributed by atoms with Crippen LogP contribution in [0.4, 0.5) is 5.69 Å². The molecule has 0 fully saturated rings. The van der Waals surface area contributed by atoms with Crippen LogP contribution in [0.1, 0.15) is 11.1 Å². The second-order valence-electron chi connectivity index (χ2n) is 2.68. The Kier molecular flexibility index (Phi) is 2.71. The minimum atomic E-state index is 0.0795. The minimum Gasteiger partial charge on any atom is -0.508 e. The molecule has 0 spiro atoms. The Balaban J connectivity index is 3.49. The van der Waals surface area contributed by atoms with Crippen LogP contribution in [0.3, 0.4) is 0 Å². The van der Waals surface area contributed by atoms with E-state index in [1.165, 1.54) is 12.1 Å². The van der Waals surface area contributed by atoms with Crippen LogP contribution < -0.4 is 0 Å². The average Bonchev–Trinajstić information content (AvgIpc) is 2.11. The molecule has 0 amide bonds. The Morgan fingerprint density at radius 1 is 1.46 bits per heavy atom. The van der Waals surface area contributed by atoms with Crippen LogP contribution in [0, 0.1) is 13.8 Å². The summed E-state index contributed by atoms with van der Waals surface area (Å²) < 4.78 is 0. The summed E-state index contributed by atoms with van der Waals surface area (Å²) in [6.45, 7) is 3.49. The summed E-state index contributed by atoms with van der Waals surface area (Å²) in [6, 6.07) is 1.34. The number of benzene rings is 1. The number of rotatable bonds is 1. The Hall–Kier alpha value is -1.31. The van der Waals surface area contributed by atoms with Gasteiger partial charge < -0.3 is 5.11 Å². The highest BCUT2D eigenvalue weighted by Gasteiger charge is 2.09. The van der Waals surface area contributed by atoms with Gasteiger partial charge in [0.2, 0.25) is 6.08 Å². The van der Waals surface area contributed by atoms with Crippen LogP contribution in [-0.4, -0.2) is 11.2 Å². The number of phenols is 1. The van der Waals surface area contributed by atoms with Crippen molar-refractivity contribution in [1.82, 2.24) is 0 Å². The topological polar surface area (TPSA) is 49.7 Å². The number of nitrogens with zero attached hydrogens (tertiary/aromatic N) is 1. The lowest BCUT2D eigenvalue weighted by atomic mass is 10.1. The molecule has 1 N–H and O–H groups in total. The van der Waals surface area contributed by atoms with Gasteiger partial charge in [-0.1, -0.05) is 11.6 Å². The number of phenolic OH excluding ortho intramolecular Hbond substituents is 1. The molecule has 0 aliphatic carbocycles. The summed E-state index contributed by atoms with van der Waals surface area (Å²) in [5.74, 6) is 0.0795. The SMILES string of the molecule is Cc1c(O)cc(N=C=O)c(Cl)c1C. The minimum absolute atomic E-state index is 0.0795. The second-order valence-corrected chi connectivity index (χ2v) is 3.06. The number of isocyanates is 1. The highest BCUT2D eigenvalue weighted by atomic mass is 35.5. The Morgan fingerprint density at radius 3 is 2.62 bits per heavy atom. The summed E-state index contributed by atoms with van der Waals surface area (Å²) in [6.07, 6.45) is 1.38. The van der Waals surface area contributed by atoms with Crippen molar-refractivity contribution in [3.8, 4) is 5.75 Å². The maximum absolute atomic E-state index is 10.0.